The number of carbonyl (C=O) groups excluding carboxylic acids is 1. The first-order valence-corrected chi connectivity index (χ1v) is 10.6. The Morgan fingerprint density at radius 3 is 2.33 bits per heavy atom. The number of hydrogen-bond acceptors (Lipinski definition) is 1. The van der Waals surface area contributed by atoms with Crippen LogP contribution >= 0.6 is 0 Å². The van der Waals surface area contributed by atoms with Crippen molar-refractivity contribution in [3.63, 3.8) is 0 Å². The third-order valence-corrected chi connectivity index (χ3v) is 5.62. The first kappa shape index (κ1) is 19.9. The molecule has 0 N–H and O–H groups in total. The van der Waals surface area contributed by atoms with Gasteiger partial charge in [-0.15, -0.1) is 0 Å². The summed E-state index contributed by atoms with van der Waals surface area (Å²) >= 11 is 0. The van der Waals surface area contributed by atoms with Gasteiger partial charge in [-0.25, -0.2) is 0 Å². The smallest absolute Gasteiger partial charge is 0.254 e. The summed E-state index contributed by atoms with van der Waals surface area (Å²) in [5, 5.41) is 2.11. The predicted molar refractivity (Wildman–Crippen MR) is 126 cm³/mol. The van der Waals surface area contributed by atoms with Crippen molar-refractivity contribution in [3.05, 3.63) is 108 Å². The molecule has 0 fully saturated rings. The summed E-state index contributed by atoms with van der Waals surface area (Å²) in [5.41, 5.74) is 5.56. The molecule has 2 heteroatoms. The Morgan fingerprint density at radius 2 is 1.53 bits per heavy atom. The molecule has 30 heavy (non-hydrogen) atoms. The van der Waals surface area contributed by atoms with Gasteiger partial charge in [0.25, 0.3) is 5.91 Å². The Morgan fingerprint density at radius 1 is 0.800 bits per heavy atom. The van der Waals surface area contributed by atoms with Crippen molar-refractivity contribution in [2.45, 2.75) is 26.8 Å². The summed E-state index contributed by atoms with van der Waals surface area (Å²) in [6.45, 7) is 5.59. The molecule has 0 aliphatic heterocycles. The third-order valence-electron chi connectivity index (χ3n) is 5.62. The van der Waals surface area contributed by atoms with E-state index in [9.17, 15) is 4.79 Å². The molecule has 4 aromatic carbocycles. The van der Waals surface area contributed by atoms with Gasteiger partial charge in [0, 0.05) is 18.7 Å². The van der Waals surface area contributed by atoms with Gasteiger partial charge >= 0.3 is 0 Å². The van der Waals surface area contributed by atoms with Crippen LogP contribution < -0.4 is 0 Å². The van der Waals surface area contributed by atoms with E-state index in [0.717, 1.165) is 29.3 Å². The highest BCUT2D eigenvalue weighted by Crippen LogP contribution is 2.25. The van der Waals surface area contributed by atoms with Crippen LogP contribution in [0, 0.1) is 6.92 Å². The molecule has 150 valence electrons. The largest absolute Gasteiger partial charge is 0.334 e. The van der Waals surface area contributed by atoms with Gasteiger partial charge in [-0.2, -0.15) is 0 Å². The van der Waals surface area contributed by atoms with Crippen molar-refractivity contribution >= 4 is 16.7 Å². The molecule has 0 heterocycles. The normalized spacial score (nSPS) is 10.9. The van der Waals surface area contributed by atoms with Gasteiger partial charge < -0.3 is 4.90 Å². The Labute approximate surface area is 178 Å². The Balaban J connectivity index is 1.68. The van der Waals surface area contributed by atoms with E-state index < -0.39 is 0 Å². The number of carbonyl (C=O) groups is 1. The number of aryl methyl sites for hydroxylation is 1. The average molecular weight is 394 g/mol. The van der Waals surface area contributed by atoms with E-state index in [0.29, 0.717) is 6.54 Å². The van der Waals surface area contributed by atoms with Gasteiger partial charge in [0.1, 0.15) is 0 Å². The molecule has 0 aromatic heterocycles. The first-order chi connectivity index (χ1) is 14.7. The molecular weight excluding hydrogens is 366 g/mol. The van der Waals surface area contributed by atoms with Gasteiger partial charge in [-0.05, 0) is 58.5 Å². The second-order valence-electron chi connectivity index (χ2n) is 7.76. The molecule has 1 amide bonds. The van der Waals surface area contributed by atoms with Gasteiger partial charge in [0.05, 0.1) is 0 Å². The number of amides is 1. The highest BCUT2D eigenvalue weighted by molar-refractivity contribution is 6.07. The van der Waals surface area contributed by atoms with Gasteiger partial charge in [-0.3, -0.25) is 4.79 Å². The van der Waals surface area contributed by atoms with Crippen LogP contribution in [0.15, 0.2) is 91.0 Å². The standard InChI is InChI=1S/C28H27NO/c1-3-18-29(28(30)27-15-9-13-23-12-7-8-14-26(23)27)20-25-19-24(17-16-21(25)2)22-10-5-4-6-11-22/h4-17,19H,3,18,20H2,1-2H3. The maximum absolute atomic E-state index is 13.5. The summed E-state index contributed by atoms with van der Waals surface area (Å²) in [6, 6.07) is 31.0. The summed E-state index contributed by atoms with van der Waals surface area (Å²) in [5.74, 6) is 0.0955. The number of fused-ring (bicyclic) bond motifs is 1. The second kappa shape index (κ2) is 8.96. The second-order valence-corrected chi connectivity index (χ2v) is 7.76. The van der Waals surface area contributed by atoms with Crippen LogP contribution in [-0.4, -0.2) is 17.4 Å². The lowest BCUT2D eigenvalue weighted by Crippen LogP contribution is -2.31. The fraction of sp³-hybridized carbons (Fsp3) is 0.179. The lowest BCUT2D eigenvalue weighted by Gasteiger charge is -2.24. The van der Waals surface area contributed by atoms with Gasteiger partial charge in [0.2, 0.25) is 0 Å². The van der Waals surface area contributed by atoms with E-state index in [4.69, 9.17) is 0 Å². The molecule has 2 nitrogen and oxygen atoms in total. The first-order valence-electron chi connectivity index (χ1n) is 10.6. The Kier molecular flexibility index (Phi) is 5.94. The lowest BCUT2D eigenvalue weighted by atomic mass is 9.99. The monoisotopic (exact) mass is 393 g/mol. The molecular formula is C28H27NO. The van der Waals surface area contributed by atoms with Crippen molar-refractivity contribution in [1.29, 1.82) is 0 Å². The van der Waals surface area contributed by atoms with Crippen LogP contribution in [0.25, 0.3) is 21.9 Å². The van der Waals surface area contributed by atoms with E-state index >= 15 is 0 Å². The fourth-order valence-electron chi connectivity index (χ4n) is 3.96. The number of rotatable bonds is 6. The quantitative estimate of drug-likeness (QED) is 0.350. The molecule has 0 unspecified atom stereocenters. The van der Waals surface area contributed by atoms with E-state index in [2.05, 4.69) is 68.4 Å². The van der Waals surface area contributed by atoms with E-state index in [1.807, 2.05) is 41.3 Å². The lowest BCUT2D eigenvalue weighted by molar-refractivity contribution is 0.0745. The van der Waals surface area contributed by atoms with Crippen LogP contribution in [0.1, 0.15) is 34.8 Å². The number of nitrogens with zero attached hydrogens (tertiary/aromatic N) is 1. The zero-order valence-corrected chi connectivity index (χ0v) is 17.6. The van der Waals surface area contributed by atoms with Crippen LogP contribution in [0.4, 0.5) is 0 Å². The topological polar surface area (TPSA) is 20.3 Å². The molecule has 0 saturated carbocycles. The molecule has 4 rings (SSSR count). The maximum atomic E-state index is 13.5. The zero-order chi connectivity index (χ0) is 20.9. The minimum Gasteiger partial charge on any atom is -0.334 e. The van der Waals surface area contributed by atoms with Gasteiger partial charge in [0.15, 0.2) is 0 Å². The van der Waals surface area contributed by atoms with Crippen molar-refractivity contribution in [1.82, 2.24) is 4.90 Å². The van der Waals surface area contributed by atoms with Crippen molar-refractivity contribution in [3.8, 4) is 11.1 Å². The number of hydrogen-bond donors (Lipinski definition) is 0. The van der Waals surface area contributed by atoms with Crippen molar-refractivity contribution < 1.29 is 4.79 Å². The van der Waals surface area contributed by atoms with Crippen LogP contribution in [0.5, 0.6) is 0 Å². The molecule has 0 aliphatic rings. The molecule has 0 saturated heterocycles. The van der Waals surface area contributed by atoms with Crippen LogP contribution in [0.2, 0.25) is 0 Å². The predicted octanol–water partition coefficient (Wildman–Crippen LogP) is 6.87. The highest BCUT2D eigenvalue weighted by atomic mass is 16.2. The van der Waals surface area contributed by atoms with Crippen molar-refractivity contribution in [2.75, 3.05) is 6.54 Å². The maximum Gasteiger partial charge on any atom is 0.254 e. The number of benzene rings is 4. The van der Waals surface area contributed by atoms with E-state index in [1.165, 1.54) is 22.3 Å². The Bertz CT molecular complexity index is 1160. The summed E-state index contributed by atoms with van der Waals surface area (Å²) in [7, 11) is 0. The van der Waals surface area contributed by atoms with Crippen molar-refractivity contribution in [2.24, 2.45) is 0 Å². The van der Waals surface area contributed by atoms with Crippen LogP contribution in [0.3, 0.4) is 0 Å². The summed E-state index contributed by atoms with van der Waals surface area (Å²) in [6.07, 6.45) is 0.925. The summed E-state index contributed by atoms with van der Waals surface area (Å²) < 4.78 is 0. The van der Waals surface area contributed by atoms with Gasteiger partial charge in [-0.1, -0.05) is 85.8 Å². The Hall–Kier alpha value is -3.39. The molecule has 0 radical (unpaired) electrons. The molecule has 4 aromatic rings. The minimum absolute atomic E-state index is 0.0955. The highest BCUT2D eigenvalue weighted by Gasteiger charge is 2.18. The van der Waals surface area contributed by atoms with E-state index in [-0.39, 0.29) is 5.91 Å². The van der Waals surface area contributed by atoms with E-state index in [1.54, 1.807) is 0 Å². The minimum atomic E-state index is 0.0955. The zero-order valence-electron chi connectivity index (χ0n) is 17.6. The summed E-state index contributed by atoms with van der Waals surface area (Å²) in [4.78, 5) is 15.5. The molecule has 0 atom stereocenters. The molecule has 0 spiro atoms. The third kappa shape index (κ3) is 4.13. The average Bonchev–Trinajstić information content (AvgIpc) is 2.80. The molecule has 0 bridgehead atoms. The SMILES string of the molecule is CCCN(Cc1cc(-c2ccccc2)ccc1C)C(=O)c1cccc2ccccc12. The van der Waals surface area contributed by atoms with Crippen LogP contribution in [-0.2, 0) is 6.54 Å². The fourth-order valence-corrected chi connectivity index (χ4v) is 3.96. The molecule has 0 aliphatic carbocycles.